The van der Waals surface area contributed by atoms with Crippen molar-refractivity contribution in [1.82, 2.24) is 5.32 Å². The first-order valence-corrected chi connectivity index (χ1v) is 5.05. The summed E-state index contributed by atoms with van der Waals surface area (Å²) >= 11 is 0. The van der Waals surface area contributed by atoms with Crippen LogP contribution in [0.15, 0.2) is 36.9 Å². The van der Waals surface area contributed by atoms with Gasteiger partial charge in [-0.3, -0.25) is 4.79 Å². The highest BCUT2D eigenvalue weighted by Crippen LogP contribution is 2.13. The van der Waals surface area contributed by atoms with E-state index in [0.29, 0.717) is 12.2 Å². The quantitative estimate of drug-likeness (QED) is 0.747. The van der Waals surface area contributed by atoms with Crippen molar-refractivity contribution in [3.05, 3.63) is 42.7 Å². The fourth-order valence-corrected chi connectivity index (χ4v) is 1.20. The molecule has 0 heterocycles. The monoisotopic (exact) mass is 222 g/mol. The summed E-state index contributed by atoms with van der Waals surface area (Å²) in [5.41, 5.74) is 0.323. The van der Waals surface area contributed by atoms with Crippen LogP contribution >= 0.6 is 0 Å². The number of benzene rings is 1. The van der Waals surface area contributed by atoms with Gasteiger partial charge in [0.25, 0.3) is 0 Å². The molecule has 16 heavy (non-hydrogen) atoms. The Labute approximate surface area is 94.4 Å². The van der Waals surface area contributed by atoms with Gasteiger partial charge in [0, 0.05) is 6.54 Å². The average molecular weight is 222 g/mol. The van der Waals surface area contributed by atoms with E-state index in [2.05, 4.69) is 17.2 Å². The minimum Gasteiger partial charge on any atom is -0.372 e. The normalized spacial score (nSPS) is 11.6. The molecule has 3 nitrogen and oxygen atoms in total. The number of hydrogen-bond acceptors (Lipinski definition) is 2. The molecular weight excluding hydrogens is 207 g/mol. The van der Waals surface area contributed by atoms with Gasteiger partial charge in [0.2, 0.25) is 5.91 Å². The van der Waals surface area contributed by atoms with Crippen LogP contribution in [0.1, 0.15) is 6.92 Å². The van der Waals surface area contributed by atoms with Crippen LogP contribution < -0.4 is 10.6 Å². The van der Waals surface area contributed by atoms with Crippen molar-refractivity contribution in [2.45, 2.75) is 13.0 Å². The Bertz CT molecular complexity index is 379. The van der Waals surface area contributed by atoms with Crippen LogP contribution in [0.2, 0.25) is 0 Å². The summed E-state index contributed by atoms with van der Waals surface area (Å²) in [6.45, 7) is 5.57. The van der Waals surface area contributed by atoms with Crippen LogP contribution in [0, 0.1) is 5.82 Å². The Morgan fingerprint density at radius 1 is 1.56 bits per heavy atom. The molecule has 1 aromatic carbocycles. The molecular formula is C12H15FN2O. The second-order valence-electron chi connectivity index (χ2n) is 3.38. The molecule has 1 amide bonds. The van der Waals surface area contributed by atoms with Crippen LogP contribution in [0.3, 0.4) is 0 Å². The predicted molar refractivity (Wildman–Crippen MR) is 62.7 cm³/mol. The van der Waals surface area contributed by atoms with Gasteiger partial charge in [-0.05, 0) is 19.1 Å². The lowest BCUT2D eigenvalue weighted by molar-refractivity contribution is -0.121. The third kappa shape index (κ3) is 3.38. The Hall–Kier alpha value is -1.84. The Morgan fingerprint density at radius 2 is 2.25 bits per heavy atom. The summed E-state index contributed by atoms with van der Waals surface area (Å²) in [6.07, 6.45) is 1.59. The summed E-state index contributed by atoms with van der Waals surface area (Å²) in [6, 6.07) is 5.75. The predicted octanol–water partition coefficient (Wildman–Crippen LogP) is 1.93. The molecule has 1 aromatic rings. The summed E-state index contributed by atoms with van der Waals surface area (Å²) in [5, 5.41) is 5.43. The third-order valence-corrected chi connectivity index (χ3v) is 2.06. The minimum absolute atomic E-state index is 0.192. The maximum Gasteiger partial charge on any atom is 0.242 e. The minimum atomic E-state index is -0.489. The van der Waals surface area contributed by atoms with E-state index in [1.165, 1.54) is 6.07 Å². The van der Waals surface area contributed by atoms with E-state index in [0.717, 1.165) is 0 Å². The topological polar surface area (TPSA) is 41.1 Å². The molecule has 0 saturated heterocycles. The van der Waals surface area contributed by atoms with Crippen LogP contribution in [0.25, 0.3) is 0 Å². The van der Waals surface area contributed by atoms with Gasteiger partial charge in [-0.25, -0.2) is 4.39 Å². The molecule has 1 rings (SSSR count). The van der Waals surface area contributed by atoms with Crippen LogP contribution in [-0.2, 0) is 4.79 Å². The highest BCUT2D eigenvalue weighted by Gasteiger charge is 2.12. The standard InChI is InChI=1S/C12H15FN2O/c1-3-8-14-12(16)9(2)15-11-7-5-4-6-10(11)13/h3-7,9,15H,1,8H2,2H3,(H,14,16). The van der Waals surface area contributed by atoms with E-state index in [-0.39, 0.29) is 11.7 Å². The number of halogens is 1. The third-order valence-electron chi connectivity index (χ3n) is 2.06. The van der Waals surface area contributed by atoms with Crippen LogP contribution in [0.5, 0.6) is 0 Å². The van der Waals surface area contributed by atoms with Gasteiger partial charge >= 0.3 is 0 Å². The van der Waals surface area contributed by atoms with Gasteiger partial charge in [-0.15, -0.1) is 6.58 Å². The van der Waals surface area contributed by atoms with Crippen molar-refractivity contribution < 1.29 is 9.18 Å². The van der Waals surface area contributed by atoms with E-state index < -0.39 is 6.04 Å². The number of carbonyl (C=O) groups is 1. The zero-order valence-corrected chi connectivity index (χ0v) is 9.16. The average Bonchev–Trinajstić information content (AvgIpc) is 2.28. The largest absolute Gasteiger partial charge is 0.372 e. The lowest BCUT2D eigenvalue weighted by Crippen LogP contribution is -2.37. The molecule has 0 saturated carbocycles. The zero-order chi connectivity index (χ0) is 12.0. The maximum atomic E-state index is 13.3. The van der Waals surface area contributed by atoms with E-state index in [4.69, 9.17) is 0 Å². The van der Waals surface area contributed by atoms with Crippen molar-refractivity contribution in [3.8, 4) is 0 Å². The second kappa shape index (κ2) is 5.90. The van der Waals surface area contributed by atoms with E-state index in [1.807, 2.05) is 0 Å². The highest BCUT2D eigenvalue weighted by atomic mass is 19.1. The first-order valence-electron chi connectivity index (χ1n) is 5.05. The first kappa shape index (κ1) is 12.2. The smallest absolute Gasteiger partial charge is 0.242 e. The lowest BCUT2D eigenvalue weighted by atomic mass is 10.2. The molecule has 0 spiro atoms. The van der Waals surface area contributed by atoms with Gasteiger partial charge in [0.15, 0.2) is 0 Å². The molecule has 0 aromatic heterocycles. The first-order chi connectivity index (χ1) is 7.65. The van der Waals surface area contributed by atoms with Gasteiger partial charge in [0.05, 0.1) is 5.69 Å². The molecule has 0 aliphatic rings. The summed E-state index contributed by atoms with van der Waals surface area (Å²) in [4.78, 5) is 11.5. The maximum absolute atomic E-state index is 13.3. The van der Waals surface area contributed by atoms with Gasteiger partial charge < -0.3 is 10.6 Å². The van der Waals surface area contributed by atoms with Crippen LogP contribution in [-0.4, -0.2) is 18.5 Å². The molecule has 2 N–H and O–H groups in total. The molecule has 0 bridgehead atoms. The molecule has 1 unspecified atom stereocenters. The van der Waals surface area contributed by atoms with Crippen molar-refractivity contribution in [2.24, 2.45) is 0 Å². The van der Waals surface area contributed by atoms with Crippen molar-refractivity contribution in [3.63, 3.8) is 0 Å². The number of para-hydroxylation sites is 1. The number of hydrogen-bond donors (Lipinski definition) is 2. The molecule has 0 fully saturated rings. The lowest BCUT2D eigenvalue weighted by Gasteiger charge is -2.14. The number of nitrogens with one attached hydrogen (secondary N) is 2. The Morgan fingerprint density at radius 3 is 2.88 bits per heavy atom. The van der Waals surface area contributed by atoms with E-state index >= 15 is 0 Å². The Balaban J connectivity index is 2.57. The van der Waals surface area contributed by atoms with Crippen LogP contribution in [0.4, 0.5) is 10.1 Å². The highest BCUT2D eigenvalue weighted by molar-refractivity contribution is 5.84. The molecule has 86 valence electrons. The number of rotatable bonds is 5. The van der Waals surface area contributed by atoms with Gasteiger partial charge in [-0.1, -0.05) is 18.2 Å². The van der Waals surface area contributed by atoms with E-state index in [1.54, 1.807) is 31.2 Å². The number of anilines is 1. The van der Waals surface area contributed by atoms with Crippen molar-refractivity contribution >= 4 is 11.6 Å². The molecule has 1 atom stereocenters. The number of carbonyl (C=O) groups excluding carboxylic acids is 1. The SMILES string of the molecule is C=CCNC(=O)C(C)Nc1ccccc1F. The second-order valence-corrected chi connectivity index (χ2v) is 3.38. The Kier molecular flexibility index (Phi) is 4.51. The van der Waals surface area contributed by atoms with E-state index in [9.17, 15) is 9.18 Å². The number of amides is 1. The molecule has 0 aliphatic carbocycles. The van der Waals surface area contributed by atoms with Crippen molar-refractivity contribution in [2.75, 3.05) is 11.9 Å². The molecule has 0 radical (unpaired) electrons. The zero-order valence-electron chi connectivity index (χ0n) is 9.16. The van der Waals surface area contributed by atoms with Gasteiger partial charge in [0.1, 0.15) is 11.9 Å². The van der Waals surface area contributed by atoms with Crippen molar-refractivity contribution in [1.29, 1.82) is 0 Å². The molecule has 4 heteroatoms. The fourth-order valence-electron chi connectivity index (χ4n) is 1.20. The summed E-state index contributed by atoms with van der Waals surface area (Å²) in [7, 11) is 0. The van der Waals surface area contributed by atoms with Gasteiger partial charge in [-0.2, -0.15) is 0 Å². The summed E-state index contributed by atoms with van der Waals surface area (Å²) < 4.78 is 13.3. The molecule has 0 aliphatic heterocycles. The fraction of sp³-hybridized carbons (Fsp3) is 0.250. The summed E-state index contributed by atoms with van der Waals surface area (Å²) in [5.74, 6) is -0.561.